The number of carbonyl (C=O) groups is 2. The van der Waals surface area contributed by atoms with Gasteiger partial charge >= 0.3 is 5.97 Å². The Morgan fingerprint density at radius 1 is 1.54 bits per heavy atom. The van der Waals surface area contributed by atoms with Gasteiger partial charge in [-0.05, 0) is 6.92 Å². The van der Waals surface area contributed by atoms with E-state index in [1.54, 1.807) is 6.92 Å². The molecule has 0 radical (unpaired) electrons. The molecule has 0 rings (SSSR count). The molecule has 1 atom stereocenters. The van der Waals surface area contributed by atoms with Gasteiger partial charge in [-0.15, -0.1) is 0 Å². The average molecular weight is 208 g/mol. The lowest BCUT2D eigenvalue weighted by Gasteiger charge is -2.22. The Kier molecular flexibility index (Phi) is 4.38. The minimum Gasteiger partial charge on any atom is -0.465 e. The number of Topliss-reactive ketones (excluding diaryl/α,β-unsaturated/α-hetero) is 1. The van der Waals surface area contributed by atoms with E-state index < -0.39 is 22.8 Å². The van der Waals surface area contributed by atoms with Crippen molar-refractivity contribution in [2.24, 2.45) is 0 Å². The van der Waals surface area contributed by atoms with Crippen molar-refractivity contribution in [3.05, 3.63) is 0 Å². The summed E-state index contributed by atoms with van der Waals surface area (Å²) < 4.78 is 4.45. The smallest absolute Gasteiger partial charge is 0.324 e. The van der Waals surface area contributed by atoms with Gasteiger partial charge in [0, 0.05) is 6.92 Å². The maximum atomic E-state index is 10.9. The van der Waals surface area contributed by atoms with Gasteiger partial charge in [0.15, 0.2) is 11.0 Å². The lowest BCUT2D eigenvalue weighted by molar-refractivity contribution is -0.188. The number of carbonyl (C=O) groups excluding carboxylic acids is 2. The SMILES string of the molecule is CCOC(=O)C(S)C(O)(O)C(C)=O. The van der Waals surface area contributed by atoms with E-state index in [9.17, 15) is 9.59 Å². The molecule has 0 saturated heterocycles. The first-order valence-corrected chi connectivity index (χ1v) is 4.16. The lowest BCUT2D eigenvalue weighted by atomic mass is 10.1. The van der Waals surface area contributed by atoms with Crippen molar-refractivity contribution in [3.63, 3.8) is 0 Å². The number of ketones is 1. The molecule has 0 bridgehead atoms. The van der Waals surface area contributed by atoms with E-state index in [-0.39, 0.29) is 6.61 Å². The van der Waals surface area contributed by atoms with Gasteiger partial charge in [-0.3, -0.25) is 9.59 Å². The molecule has 0 aliphatic carbocycles. The highest BCUT2D eigenvalue weighted by Gasteiger charge is 2.42. The van der Waals surface area contributed by atoms with Crippen molar-refractivity contribution < 1.29 is 24.5 Å². The van der Waals surface area contributed by atoms with Crippen LogP contribution in [0.25, 0.3) is 0 Å². The molecule has 0 aromatic rings. The standard InChI is InChI=1S/C7H12O5S/c1-3-12-6(9)5(13)7(10,11)4(2)8/h5,10-11,13H,3H2,1-2H3. The average Bonchev–Trinajstić information content (AvgIpc) is 2.03. The molecular formula is C7H12O5S. The second-order valence-electron chi connectivity index (χ2n) is 2.44. The maximum absolute atomic E-state index is 10.9. The van der Waals surface area contributed by atoms with E-state index in [0.29, 0.717) is 0 Å². The van der Waals surface area contributed by atoms with Crippen molar-refractivity contribution in [2.45, 2.75) is 24.9 Å². The molecule has 0 saturated carbocycles. The van der Waals surface area contributed by atoms with Gasteiger partial charge in [0.2, 0.25) is 5.79 Å². The summed E-state index contributed by atoms with van der Waals surface area (Å²) in [6.07, 6.45) is 0. The zero-order chi connectivity index (χ0) is 10.6. The molecule has 0 aromatic heterocycles. The fourth-order valence-electron chi connectivity index (χ4n) is 0.578. The summed E-state index contributed by atoms with van der Waals surface area (Å²) in [5.74, 6) is -4.67. The number of esters is 1. The molecule has 13 heavy (non-hydrogen) atoms. The highest BCUT2D eigenvalue weighted by atomic mass is 32.1. The third-order valence-corrected chi connectivity index (χ3v) is 1.98. The highest BCUT2D eigenvalue weighted by molar-refractivity contribution is 7.82. The Balaban J connectivity index is 4.48. The fourth-order valence-corrected chi connectivity index (χ4v) is 0.834. The molecule has 76 valence electrons. The number of hydrogen-bond donors (Lipinski definition) is 3. The van der Waals surface area contributed by atoms with Crippen molar-refractivity contribution in [1.82, 2.24) is 0 Å². The number of thiol groups is 1. The van der Waals surface area contributed by atoms with Crippen molar-refractivity contribution in [3.8, 4) is 0 Å². The second kappa shape index (κ2) is 4.59. The summed E-state index contributed by atoms with van der Waals surface area (Å²) in [5.41, 5.74) is 0. The Bertz CT molecular complexity index is 213. The van der Waals surface area contributed by atoms with E-state index >= 15 is 0 Å². The predicted molar refractivity (Wildman–Crippen MR) is 47.3 cm³/mol. The van der Waals surface area contributed by atoms with Crippen LogP contribution in [-0.4, -0.2) is 39.6 Å². The monoisotopic (exact) mass is 208 g/mol. The normalized spacial score (nSPS) is 13.6. The summed E-state index contributed by atoms with van der Waals surface area (Å²) in [5, 5.41) is 16.6. The van der Waals surface area contributed by atoms with Crippen molar-refractivity contribution >= 4 is 24.4 Å². The number of ether oxygens (including phenoxy) is 1. The van der Waals surface area contributed by atoms with Crippen LogP contribution in [0.2, 0.25) is 0 Å². The van der Waals surface area contributed by atoms with E-state index in [2.05, 4.69) is 17.4 Å². The molecule has 0 fully saturated rings. The van der Waals surface area contributed by atoms with Crippen LogP contribution in [0.3, 0.4) is 0 Å². The molecular weight excluding hydrogens is 196 g/mol. The minimum atomic E-state index is -2.77. The summed E-state index contributed by atoms with van der Waals surface area (Å²) in [6, 6.07) is 0. The molecule has 0 heterocycles. The van der Waals surface area contributed by atoms with Gasteiger partial charge < -0.3 is 14.9 Å². The molecule has 6 heteroatoms. The fraction of sp³-hybridized carbons (Fsp3) is 0.714. The van der Waals surface area contributed by atoms with Crippen LogP contribution in [-0.2, 0) is 14.3 Å². The Morgan fingerprint density at radius 2 is 2.00 bits per heavy atom. The zero-order valence-electron chi connectivity index (χ0n) is 7.35. The van der Waals surface area contributed by atoms with Gasteiger partial charge in [-0.25, -0.2) is 0 Å². The topological polar surface area (TPSA) is 83.8 Å². The maximum Gasteiger partial charge on any atom is 0.324 e. The van der Waals surface area contributed by atoms with E-state index in [0.717, 1.165) is 6.92 Å². The molecule has 0 amide bonds. The molecule has 0 aliphatic heterocycles. The molecule has 0 aliphatic rings. The lowest BCUT2D eigenvalue weighted by Crippen LogP contribution is -2.50. The molecule has 1 unspecified atom stereocenters. The van der Waals surface area contributed by atoms with Gasteiger partial charge in [0.1, 0.15) is 0 Å². The first-order chi connectivity index (χ1) is 5.84. The third kappa shape index (κ3) is 2.98. The van der Waals surface area contributed by atoms with Crippen LogP contribution in [0.4, 0.5) is 0 Å². The van der Waals surface area contributed by atoms with Crippen LogP contribution in [0.15, 0.2) is 0 Å². The minimum absolute atomic E-state index is 0.0872. The first-order valence-electron chi connectivity index (χ1n) is 3.64. The van der Waals surface area contributed by atoms with Crippen LogP contribution < -0.4 is 0 Å². The zero-order valence-corrected chi connectivity index (χ0v) is 8.25. The molecule has 2 N–H and O–H groups in total. The molecule has 5 nitrogen and oxygen atoms in total. The van der Waals surface area contributed by atoms with Crippen LogP contribution >= 0.6 is 12.6 Å². The quantitative estimate of drug-likeness (QED) is 0.317. The second-order valence-corrected chi connectivity index (χ2v) is 2.95. The number of hydrogen-bond acceptors (Lipinski definition) is 6. The molecule has 0 spiro atoms. The molecule has 0 aromatic carbocycles. The number of aliphatic hydroxyl groups is 2. The summed E-state index contributed by atoms with van der Waals surface area (Å²) >= 11 is 3.58. The Morgan fingerprint density at radius 3 is 2.31 bits per heavy atom. The van der Waals surface area contributed by atoms with Crippen LogP contribution in [0.1, 0.15) is 13.8 Å². The van der Waals surface area contributed by atoms with Crippen molar-refractivity contribution in [2.75, 3.05) is 6.61 Å². The first kappa shape index (κ1) is 12.4. The van der Waals surface area contributed by atoms with E-state index in [1.807, 2.05) is 0 Å². The van der Waals surface area contributed by atoms with Gasteiger partial charge in [-0.1, -0.05) is 0 Å². The highest BCUT2D eigenvalue weighted by Crippen LogP contribution is 2.15. The Hall–Kier alpha value is -0.590. The summed E-state index contributed by atoms with van der Waals surface area (Å²) in [7, 11) is 0. The van der Waals surface area contributed by atoms with Gasteiger partial charge in [0.05, 0.1) is 6.61 Å². The van der Waals surface area contributed by atoms with Gasteiger partial charge in [-0.2, -0.15) is 12.6 Å². The largest absolute Gasteiger partial charge is 0.465 e. The summed E-state index contributed by atoms with van der Waals surface area (Å²) in [6.45, 7) is 2.59. The summed E-state index contributed by atoms with van der Waals surface area (Å²) in [4.78, 5) is 21.6. The van der Waals surface area contributed by atoms with Gasteiger partial charge in [0.25, 0.3) is 0 Å². The van der Waals surface area contributed by atoms with E-state index in [4.69, 9.17) is 10.2 Å². The van der Waals surface area contributed by atoms with Crippen molar-refractivity contribution in [1.29, 1.82) is 0 Å². The third-order valence-electron chi connectivity index (χ3n) is 1.41. The van der Waals surface area contributed by atoms with Crippen LogP contribution in [0.5, 0.6) is 0 Å². The van der Waals surface area contributed by atoms with E-state index in [1.165, 1.54) is 0 Å². The number of rotatable bonds is 4. The predicted octanol–water partition coefficient (Wildman–Crippen LogP) is -0.882. The Labute approximate surface area is 81.1 Å². The van der Waals surface area contributed by atoms with Crippen LogP contribution in [0, 0.1) is 0 Å².